The second-order valence-electron chi connectivity index (χ2n) is 10.5. The number of hydrogen-bond acceptors (Lipinski definition) is 10. The predicted octanol–water partition coefficient (Wildman–Crippen LogP) is 2.93. The van der Waals surface area contributed by atoms with Gasteiger partial charge >= 0.3 is 0 Å². The van der Waals surface area contributed by atoms with E-state index in [1.165, 1.54) is 14.2 Å². The molecular formula is C31H47NO9. The van der Waals surface area contributed by atoms with Crippen LogP contribution < -0.4 is 14.2 Å². The molecule has 1 aliphatic rings. The summed E-state index contributed by atoms with van der Waals surface area (Å²) in [7, 11) is 2.87. The maximum Gasteiger partial charge on any atom is 0.261 e. The summed E-state index contributed by atoms with van der Waals surface area (Å²) in [6.07, 6.45) is 3.65. The molecular weight excluding hydrogens is 530 g/mol. The van der Waals surface area contributed by atoms with Crippen LogP contribution in [0, 0.1) is 12.8 Å². The van der Waals surface area contributed by atoms with E-state index in [0.717, 1.165) is 23.1 Å². The van der Waals surface area contributed by atoms with E-state index in [1.54, 1.807) is 6.92 Å². The Bertz CT molecular complexity index is 1130. The van der Waals surface area contributed by atoms with Gasteiger partial charge in [-0.25, -0.2) is 4.98 Å². The zero-order valence-corrected chi connectivity index (χ0v) is 25.4. The number of rotatable bonds is 13. The molecule has 5 N–H and O–H groups in total. The van der Waals surface area contributed by atoms with E-state index in [4.69, 9.17) is 18.9 Å². The Labute approximate surface area is 243 Å². The van der Waals surface area contributed by atoms with Crippen LogP contribution in [0.15, 0.2) is 47.1 Å². The molecule has 7 atom stereocenters. The Kier molecular flexibility index (Phi) is 13.5. The number of nitrogens with zero attached hydrogens (tertiary/aromatic N) is 1. The van der Waals surface area contributed by atoms with Gasteiger partial charge < -0.3 is 44.5 Å². The topological polar surface area (TPSA) is 151 Å². The summed E-state index contributed by atoms with van der Waals surface area (Å²) in [6.45, 7) is 11.1. The Balaban J connectivity index is 2.22. The van der Waals surface area contributed by atoms with Gasteiger partial charge in [-0.05, 0) is 46.6 Å². The van der Waals surface area contributed by atoms with E-state index in [0.29, 0.717) is 17.7 Å². The minimum atomic E-state index is -1.58. The van der Waals surface area contributed by atoms with Crippen molar-refractivity contribution in [1.29, 1.82) is 0 Å². The molecule has 2 heterocycles. The lowest BCUT2D eigenvalue weighted by Gasteiger charge is -2.39. The zero-order chi connectivity index (χ0) is 30.9. The molecule has 1 aliphatic heterocycles. The SMILES string of the molecule is C/C=C(\C)[C@H](O)[C@@H](C)/C=C(C)/C=C/C/C(C)=C\Cc1nc(OC)c(OC)c(O[C@@H]2O[C@H](CO)[C@H](O)[C@H](O)[C@H]2O)c1C. The zero-order valence-electron chi connectivity index (χ0n) is 25.4. The van der Waals surface area contributed by atoms with Crippen LogP contribution in [0.4, 0.5) is 0 Å². The maximum absolute atomic E-state index is 10.5. The Morgan fingerprint density at radius 1 is 1.05 bits per heavy atom. The second kappa shape index (κ2) is 16.1. The number of hydrogen-bond donors (Lipinski definition) is 5. The van der Waals surface area contributed by atoms with Crippen molar-refractivity contribution in [3.8, 4) is 17.4 Å². The first-order chi connectivity index (χ1) is 19.4. The van der Waals surface area contributed by atoms with Gasteiger partial charge in [0.1, 0.15) is 24.4 Å². The average molecular weight is 578 g/mol. The molecule has 1 saturated heterocycles. The predicted molar refractivity (Wildman–Crippen MR) is 156 cm³/mol. The summed E-state index contributed by atoms with van der Waals surface area (Å²) in [4.78, 5) is 4.58. The second-order valence-corrected chi connectivity index (χ2v) is 10.5. The van der Waals surface area contributed by atoms with Crippen LogP contribution in [-0.4, -0.2) is 88.2 Å². The first-order valence-electron chi connectivity index (χ1n) is 13.8. The molecule has 230 valence electrons. The van der Waals surface area contributed by atoms with Crippen LogP contribution in [0.25, 0.3) is 0 Å². The van der Waals surface area contributed by atoms with Gasteiger partial charge in [0, 0.05) is 17.9 Å². The highest BCUT2D eigenvalue weighted by Crippen LogP contribution is 2.41. The molecule has 10 heteroatoms. The average Bonchev–Trinajstić information content (AvgIpc) is 2.96. The van der Waals surface area contributed by atoms with Gasteiger partial charge in [0.2, 0.25) is 12.0 Å². The molecule has 0 spiro atoms. The minimum absolute atomic E-state index is 0.00554. The molecule has 0 bridgehead atoms. The lowest BCUT2D eigenvalue weighted by molar-refractivity contribution is -0.277. The summed E-state index contributed by atoms with van der Waals surface area (Å²) in [5.41, 5.74) is 4.38. The van der Waals surface area contributed by atoms with Gasteiger partial charge in [0.05, 0.1) is 32.6 Å². The number of allylic oxidation sites excluding steroid dienone is 6. The third-order valence-electron chi connectivity index (χ3n) is 7.30. The van der Waals surface area contributed by atoms with Crippen LogP contribution in [0.3, 0.4) is 0 Å². The summed E-state index contributed by atoms with van der Waals surface area (Å²) in [6, 6.07) is 0. The number of aliphatic hydroxyl groups excluding tert-OH is 5. The van der Waals surface area contributed by atoms with Crippen LogP contribution in [0.5, 0.6) is 17.4 Å². The largest absolute Gasteiger partial charge is 0.489 e. The van der Waals surface area contributed by atoms with E-state index in [2.05, 4.69) is 17.1 Å². The van der Waals surface area contributed by atoms with Gasteiger partial charge in [-0.3, -0.25) is 0 Å². The van der Waals surface area contributed by atoms with E-state index in [-0.39, 0.29) is 23.3 Å². The quantitative estimate of drug-likeness (QED) is 0.175. The third kappa shape index (κ3) is 8.88. The molecule has 1 aromatic heterocycles. The van der Waals surface area contributed by atoms with Crippen molar-refractivity contribution in [2.24, 2.45) is 5.92 Å². The van der Waals surface area contributed by atoms with Gasteiger partial charge in [-0.2, -0.15) is 0 Å². The van der Waals surface area contributed by atoms with Crippen LogP contribution in [0.2, 0.25) is 0 Å². The van der Waals surface area contributed by atoms with Crippen molar-refractivity contribution in [2.45, 2.75) is 91.2 Å². The molecule has 0 saturated carbocycles. The lowest BCUT2D eigenvalue weighted by Crippen LogP contribution is -2.60. The maximum atomic E-state index is 10.5. The first kappa shape index (κ1) is 34.5. The molecule has 2 rings (SSSR count). The van der Waals surface area contributed by atoms with Gasteiger partial charge in [0.15, 0.2) is 5.75 Å². The van der Waals surface area contributed by atoms with Crippen molar-refractivity contribution < 1.29 is 44.5 Å². The van der Waals surface area contributed by atoms with Crippen molar-refractivity contribution in [2.75, 3.05) is 20.8 Å². The molecule has 0 aliphatic carbocycles. The van der Waals surface area contributed by atoms with Gasteiger partial charge in [-0.1, -0.05) is 48.5 Å². The number of pyridine rings is 1. The number of aliphatic hydroxyl groups is 5. The molecule has 1 fully saturated rings. The molecule has 0 unspecified atom stereocenters. The standard InChI is InChI=1S/C31H47NO9/c1-9-19(4)24(34)20(5)15-18(3)12-10-11-17(2)13-14-22-21(6)28(29(38-7)30(32-22)39-8)41-31-27(37)26(36)25(35)23(16-33)40-31/h9-10,12-13,15,20,23-27,31,33-37H,11,14,16H2,1-8H3/b12-10+,17-13-,18-15+,19-9+/t20-,23+,24-,25-,26-,27+,31-/m0/s1. The molecule has 1 aromatic rings. The Morgan fingerprint density at radius 2 is 1.73 bits per heavy atom. The first-order valence-corrected chi connectivity index (χ1v) is 13.8. The minimum Gasteiger partial charge on any atom is -0.489 e. The van der Waals surface area contributed by atoms with Crippen molar-refractivity contribution in [3.05, 3.63) is 58.4 Å². The summed E-state index contributed by atoms with van der Waals surface area (Å²) in [5, 5.41) is 50.6. The summed E-state index contributed by atoms with van der Waals surface area (Å²) >= 11 is 0. The van der Waals surface area contributed by atoms with Crippen LogP contribution in [0.1, 0.15) is 52.3 Å². The van der Waals surface area contributed by atoms with Crippen molar-refractivity contribution in [3.63, 3.8) is 0 Å². The van der Waals surface area contributed by atoms with Crippen LogP contribution in [-0.2, 0) is 11.2 Å². The Morgan fingerprint density at radius 3 is 2.32 bits per heavy atom. The normalized spacial score (nSPS) is 25.8. The molecule has 10 nitrogen and oxygen atoms in total. The highest BCUT2D eigenvalue weighted by Gasteiger charge is 2.45. The van der Waals surface area contributed by atoms with Gasteiger partial charge in [-0.15, -0.1) is 0 Å². The lowest BCUT2D eigenvalue weighted by atomic mass is 9.96. The fraction of sp³-hybridized carbons (Fsp3) is 0.581. The number of methoxy groups -OCH3 is 2. The fourth-order valence-corrected chi connectivity index (χ4v) is 4.53. The third-order valence-corrected chi connectivity index (χ3v) is 7.30. The monoisotopic (exact) mass is 577 g/mol. The highest BCUT2D eigenvalue weighted by atomic mass is 16.7. The summed E-state index contributed by atoms with van der Waals surface area (Å²) < 4.78 is 22.4. The Hall–Kier alpha value is -2.73. The van der Waals surface area contributed by atoms with Crippen molar-refractivity contribution >= 4 is 0 Å². The van der Waals surface area contributed by atoms with E-state index >= 15 is 0 Å². The fourth-order valence-electron chi connectivity index (χ4n) is 4.53. The van der Waals surface area contributed by atoms with E-state index in [9.17, 15) is 25.5 Å². The molecule has 0 aromatic carbocycles. The van der Waals surface area contributed by atoms with Crippen molar-refractivity contribution in [1.82, 2.24) is 4.98 Å². The number of ether oxygens (including phenoxy) is 4. The van der Waals surface area contributed by atoms with Crippen LogP contribution >= 0.6 is 0 Å². The van der Waals surface area contributed by atoms with E-state index in [1.807, 2.05) is 52.8 Å². The summed E-state index contributed by atoms with van der Waals surface area (Å²) in [5.74, 6) is 0.560. The molecule has 0 amide bonds. The molecule has 0 radical (unpaired) electrons. The molecule has 41 heavy (non-hydrogen) atoms. The highest BCUT2D eigenvalue weighted by molar-refractivity contribution is 5.54. The van der Waals surface area contributed by atoms with E-state index < -0.39 is 43.4 Å². The van der Waals surface area contributed by atoms with Gasteiger partial charge in [0.25, 0.3) is 5.88 Å². The number of aromatic nitrogens is 1. The smallest absolute Gasteiger partial charge is 0.261 e.